The van der Waals surface area contributed by atoms with Gasteiger partial charge < -0.3 is 4.74 Å². The van der Waals surface area contributed by atoms with Crippen molar-refractivity contribution in [3.63, 3.8) is 0 Å². The summed E-state index contributed by atoms with van der Waals surface area (Å²) in [4.78, 5) is 17.2. The van der Waals surface area contributed by atoms with Crippen molar-refractivity contribution in [1.29, 1.82) is 0 Å². The summed E-state index contributed by atoms with van der Waals surface area (Å²) in [5, 5.41) is 8.77. The molecule has 4 rings (SSSR count). The zero-order valence-electron chi connectivity index (χ0n) is 17.1. The fourth-order valence-corrected chi connectivity index (χ4v) is 3.94. The molecule has 0 saturated carbocycles. The molecule has 0 spiro atoms. The van der Waals surface area contributed by atoms with E-state index in [-0.39, 0.29) is 24.2 Å². The number of thiophene rings is 1. The average molecular weight is 437 g/mol. The number of carbonyl (C=O) groups excluding carboxylic acids is 1. The molecule has 0 bridgehead atoms. The molecule has 0 saturated heterocycles. The van der Waals surface area contributed by atoms with Gasteiger partial charge in [-0.2, -0.15) is 0 Å². The number of nitrogens with one attached hydrogen (secondary N) is 1. The van der Waals surface area contributed by atoms with Gasteiger partial charge in [0.25, 0.3) is 5.91 Å². The predicted molar refractivity (Wildman–Crippen MR) is 118 cm³/mol. The van der Waals surface area contributed by atoms with Crippen molar-refractivity contribution in [2.75, 3.05) is 5.32 Å². The highest BCUT2D eigenvalue weighted by atomic mass is 32.1. The molecular formula is C23H21FN4O2S. The lowest BCUT2D eigenvalue weighted by Crippen LogP contribution is -2.12. The molecule has 4 aromatic rings. The van der Waals surface area contributed by atoms with Crippen LogP contribution in [0.4, 0.5) is 10.3 Å². The van der Waals surface area contributed by atoms with Gasteiger partial charge in [-0.05, 0) is 42.5 Å². The van der Waals surface area contributed by atoms with Crippen LogP contribution in [0.25, 0.3) is 0 Å². The summed E-state index contributed by atoms with van der Waals surface area (Å²) in [6.07, 6.45) is 1.46. The molecular weight excluding hydrogens is 415 g/mol. The standard InChI is InChI=1S/C23H21FN4O2S/c1-15-6-5-7-16(2)21(15)30-12-17-10-20(31-13-17)22(29)26-23-25-14-28(27-23)11-18-8-3-4-9-19(18)24/h3-10,13-14H,11-12H2,1-2H3,(H,26,27,29). The van der Waals surface area contributed by atoms with Crippen molar-refractivity contribution in [2.45, 2.75) is 27.0 Å². The summed E-state index contributed by atoms with van der Waals surface area (Å²) in [5.41, 5.74) is 3.56. The second kappa shape index (κ2) is 9.09. The number of rotatable bonds is 7. The molecule has 0 aliphatic heterocycles. The molecule has 1 N–H and O–H groups in total. The molecule has 0 aliphatic carbocycles. The molecule has 0 unspecified atom stereocenters. The van der Waals surface area contributed by atoms with E-state index in [1.165, 1.54) is 28.4 Å². The quantitative estimate of drug-likeness (QED) is 0.444. The Morgan fingerprint density at radius 3 is 2.71 bits per heavy atom. The first-order valence-electron chi connectivity index (χ1n) is 9.70. The third-order valence-electron chi connectivity index (χ3n) is 4.72. The van der Waals surface area contributed by atoms with E-state index >= 15 is 0 Å². The molecule has 0 fully saturated rings. The Hall–Kier alpha value is -3.52. The first-order valence-corrected chi connectivity index (χ1v) is 10.6. The van der Waals surface area contributed by atoms with E-state index in [2.05, 4.69) is 15.4 Å². The molecule has 0 atom stereocenters. The number of hydrogen-bond donors (Lipinski definition) is 1. The zero-order chi connectivity index (χ0) is 21.8. The van der Waals surface area contributed by atoms with Crippen LogP contribution in [0.15, 0.2) is 60.2 Å². The number of aryl methyl sites for hydroxylation is 2. The van der Waals surface area contributed by atoms with Crippen LogP contribution in [-0.4, -0.2) is 20.7 Å². The average Bonchev–Trinajstić information content (AvgIpc) is 3.39. The van der Waals surface area contributed by atoms with Crippen LogP contribution >= 0.6 is 11.3 Å². The fraction of sp³-hybridized carbons (Fsp3) is 0.174. The first kappa shape index (κ1) is 20.7. The number of anilines is 1. The minimum absolute atomic E-state index is 0.170. The first-order chi connectivity index (χ1) is 15.0. The summed E-state index contributed by atoms with van der Waals surface area (Å²) in [7, 11) is 0. The third-order valence-corrected chi connectivity index (χ3v) is 5.70. The lowest BCUT2D eigenvalue weighted by molar-refractivity contribution is 0.102. The summed E-state index contributed by atoms with van der Waals surface area (Å²) in [5.74, 6) is 0.428. The Morgan fingerprint density at radius 2 is 1.94 bits per heavy atom. The SMILES string of the molecule is Cc1cccc(C)c1OCc1csc(C(=O)Nc2ncn(Cc3ccccc3F)n2)c1. The smallest absolute Gasteiger partial charge is 0.268 e. The van der Waals surface area contributed by atoms with E-state index in [1.807, 2.05) is 37.4 Å². The lowest BCUT2D eigenvalue weighted by Gasteiger charge is -2.10. The van der Waals surface area contributed by atoms with Crippen molar-refractivity contribution in [1.82, 2.24) is 14.8 Å². The highest BCUT2D eigenvalue weighted by Gasteiger charge is 2.13. The Bertz CT molecular complexity index is 1200. The van der Waals surface area contributed by atoms with Gasteiger partial charge in [0.1, 0.15) is 24.5 Å². The van der Waals surface area contributed by atoms with E-state index in [1.54, 1.807) is 24.3 Å². The Balaban J connectivity index is 1.36. The topological polar surface area (TPSA) is 69.0 Å². The summed E-state index contributed by atoms with van der Waals surface area (Å²) >= 11 is 1.33. The van der Waals surface area contributed by atoms with Crippen LogP contribution < -0.4 is 10.1 Å². The Kier molecular flexibility index (Phi) is 6.08. The Morgan fingerprint density at radius 1 is 1.16 bits per heavy atom. The van der Waals surface area contributed by atoms with Crippen LogP contribution in [-0.2, 0) is 13.2 Å². The number of ether oxygens (including phenoxy) is 1. The van der Waals surface area contributed by atoms with E-state index in [0.717, 1.165) is 22.4 Å². The van der Waals surface area contributed by atoms with Crippen LogP contribution in [0.3, 0.4) is 0 Å². The van der Waals surface area contributed by atoms with E-state index < -0.39 is 0 Å². The van der Waals surface area contributed by atoms with Gasteiger partial charge in [-0.1, -0.05) is 36.4 Å². The number of halogens is 1. The monoisotopic (exact) mass is 436 g/mol. The molecule has 2 aromatic heterocycles. The van der Waals surface area contributed by atoms with Crippen LogP contribution in [0.5, 0.6) is 5.75 Å². The molecule has 1 amide bonds. The second-order valence-corrected chi connectivity index (χ2v) is 8.05. The van der Waals surface area contributed by atoms with Gasteiger partial charge in [0.2, 0.25) is 5.95 Å². The number of aromatic nitrogens is 3. The van der Waals surface area contributed by atoms with Crippen LogP contribution in [0, 0.1) is 19.7 Å². The van der Waals surface area contributed by atoms with Gasteiger partial charge in [-0.25, -0.2) is 14.1 Å². The molecule has 2 heterocycles. The van der Waals surface area contributed by atoms with Crippen LogP contribution in [0.2, 0.25) is 0 Å². The number of para-hydroxylation sites is 1. The maximum Gasteiger partial charge on any atom is 0.268 e. The normalized spacial score (nSPS) is 10.8. The maximum atomic E-state index is 13.8. The number of carbonyl (C=O) groups is 1. The minimum Gasteiger partial charge on any atom is -0.488 e. The van der Waals surface area contributed by atoms with Crippen molar-refractivity contribution < 1.29 is 13.9 Å². The molecule has 0 radical (unpaired) electrons. The summed E-state index contributed by atoms with van der Waals surface area (Å²) < 4.78 is 21.2. The largest absolute Gasteiger partial charge is 0.488 e. The van der Waals surface area contributed by atoms with E-state index in [0.29, 0.717) is 17.0 Å². The van der Waals surface area contributed by atoms with E-state index in [9.17, 15) is 9.18 Å². The van der Waals surface area contributed by atoms with Gasteiger partial charge in [0.05, 0.1) is 11.4 Å². The van der Waals surface area contributed by atoms with Crippen molar-refractivity contribution in [3.8, 4) is 5.75 Å². The summed E-state index contributed by atoms with van der Waals surface area (Å²) in [6, 6.07) is 14.3. The molecule has 31 heavy (non-hydrogen) atoms. The maximum absolute atomic E-state index is 13.8. The molecule has 2 aromatic carbocycles. The highest BCUT2D eigenvalue weighted by Crippen LogP contribution is 2.24. The van der Waals surface area contributed by atoms with Crippen LogP contribution in [0.1, 0.15) is 31.9 Å². The van der Waals surface area contributed by atoms with Gasteiger partial charge >= 0.3 is 0 Å². The van der Waals surface area contributed by atoms with Gasteiger partial charge in [0.15, 0.2) is 0 Å². The van der Waals surface area contributed by atoms with Gasteiger partial charge in [-0.3, -0.25) is 10.1 Å². The van der Waals surface area contributed by atoms with Crippen molar-refractivity contribution >= 4 is 23.2 Å². The molecule has 0 aliphatic rings. The molecule has 8 heteroatoms. The number of nitrogens with zero attached hydrogens (tertiary/aromatic N) is 3. The Labute approximate surface area is 183 Å². The van der Waals surface area contributed by atoms with Gasteiger partial charge in [0, 0.05) is 11.1 Å². The third kappa shape index (κ3) is 4.97. The lowest BCUT2D eigenvalue weighted by atomic mass is 10.1. The van der Waals surface area contributed by atoms with Crippen molar-refractivity contribution in [3.05, 3.63) is 93.2 Å². The minimum atomic E-state index is -0.308. The van der Waals surface area contributed by atoms with Gasteiger partial charge in [-0.15, -0.1) is 16.4 Å². The predicted octanol–water partition coefficient (Wildman–Crippen LogP) is 4.98. The van der Waals surface area contributed by atoms with Crippen molar-refractivity contribution in [2.24, 2.45) is 0 Å². The molecule has 158 valence electrons. The number of hydrogen-bond acceptors (Lipinski definition) is 5. The summed E-state index contributed by atoms with van der Waals surface area (Å²) in [6.45, 7) is 4.62. The number of benzene rings is 2. The second-order valence-electron chi connectivity index (χ2n) is 7.14. The number of amides is 1. The highest BCUT2D eigenvalue weighted by molar-refractivity contribution is 7.12. The van der Waals surface area contributed by atoms with E-state index in [4.69, 9.17) is 4.74 Å². The zero-order valence-corrected chi connectivity index (χ0v) is 17.9. The fourth-order valence-electron chi connectivity index (χ4n) is 3.15. The molecule has 6 nitrogen and oxygen atoms in total.